The Kier molecular flexibility index (Phi) is 4.97. The number of benzene rings is 2. The van der Waals surface area contributed by atoms with Crippen LogP contribution in [0.1, 0.15) is 15.9 Å². The molecule has 1 unspecified atom stereocenters. The molecule has 0 saturated heterocycles. The van der Waals surface area contributed by atoms with Gasteiger partial charge in [0.15, 0.2) is 6.10 Å². The van der Waals surface area contributed by atoms with Crippen LogP contribution in [0.3, 0.4) is 0 Å². The molecular formula is C19H18FNO4. The molecule has 1 aliphatic rings. The molecule has 0 spiro atoms. The molecule has 2 aromatic rings. The van der Waals surface area contributed by atoms with E-state index in [0.29, 0.717) is 24.3 Å². The van der Waals surface area contributed by atoms with Gasteiger partial charge in [-0.05, 0) is 35.9 Å². The summed E-state index contributed by atoms with van der Waals surface area (Å²) >= 11 is 0. The topological polar surface area (TPSA) is 55.8 Å². The summed E-state index contributed by atoms with van der Waals surface area (Å²) in [4.78, 5) is 26.0. The van der Waals surface area contributed by atoms with Gasteiger partial charge in [0.2, 0.25) is 0 Å². The average Bonchev–Trinajstić information content (AvgIpc) is 2.62. The summed E-state index contributed by atoms with van der Waals surface area (Å²) in [6, 6.07) is 12.8. The van der Waals surface area contributed by atoms with Crippen LogP contribution in [0, 0.1) is 5.82 Å². The van der Waals surface area contributed by atoms with E-state index in [1.165, 1.54) is 29.2 Å². The van der Waals surface area contributed by atoms with Gasteiger partial charge >= 0.3 is 5.97 Å². The Morgan fingerprint density at radius 2 is 1.96 bits per heavy atom. The fourth-order valence-corrected chi connectivity index (χ4v) is 2.66. The highest BCUT2D eigenvalue weighted by Crippen LogP contribution is 2.21. The number of halogens is 1. The Hall–Kier alpha value is -2.89. The Bertz CT molecular complexity index is 775. The summed E-state index contributed by atoms with van der Waals surface area (Å²) in [5.74, 6) is -0.555. The average molecular weight is 343 g/mol. The van der Waals surface area contributed by atoms with Crippen LogP contribution in [0.25, 0.3) is 0 Å². The summed E-state index contributed by atoms with van der Waals surface area (Å²) < 4.78 is 23.6. The maximum Gasteiger partial charge on any atom is 0.339 e. The number of carbonyl (C=O) groups excluding carboxylic acids is 2. The molecule has 2 aromatic carbocycles. The predicted molar refractivity (Wildman–Crippen MR) is 88.9 cm³/mol. The van der Waals surface area contributed by atoms with E-state index in [1.54, 1.807) is 19.2 Å². The first-order valence-corrected chi connectivity index (χ1v) is 7.97. The van der Waals surface area contributed by atoms with Crippen molar-refractivity contribution >= 4 is 11.9 Å². The zero-order valence-electron chi connectivity index (χ0n) is 13.8. The van der Waals surface area contributed by atoms with Gasteiger partial charge < -0.3 is 14.4 Å². The van der Waals surface area contributed by atoms with Gasteiger partial charge in [-0.25, -0.2) is 9.18 Å². The molecule has 3 rings (SSSR count). The molecule has 5 nitrogen and oxygen atoms in total. The number of ether oxygens (including phenoxy) is 2. The van der Waals surface area contributed by atoms with Gasteiger partial charge in [0.25, 0.3) is 5.91 Å². The first kappa shape index (κ1) is 17.0. The molecule has 6 heteroatoms. The van der Waals surface area contributed by atoms with Gasteiger partial charge in [-0.2, -0.15) is 0 Å². The number of carbonyl (C=O) groups is 2. The van der Waals surface area contributed by atoms with E-state index in [-0.39, 0.29) is 18.3 Å². The largest absolute Gasteiger partial charge is 0.492 e. The maximum absolute atomic E-state index is 12.8. The minimum atomic E-state index is -0.821. The quantitative estimate of drug-likeness (QED) is 0.783. The third-order valence-electron chi connectivity index (χ3n) is 4.05. The number of hydrogen-bond donors (Lipinski definition) is 0. The van der Waals surface area contributed by atoms with Gasteiger partial charge in [-0.15, -0.1) is 0 Å². The number of amides is 1. The molecule has 1 heterocycles. The SMILES string of the molecule is CN(CCOc1ccc(F)cc1)C(=O)C1Cc2ccccc2C(=O)O1. The van der Waals surface area contributed by atoms with Crippen molar-refractivity contribution in [3.05, 3.63) is 65.5 Å². The summed E-state index contributed by atoms with van der Waals surface area (Å²) in [6.07, 6.45) is -0.456. The van der Waals surface area contributed by atoms with Crippen LogP contribution in [0.2, 0.25) is 0 Å². The van der Waals surface area contributed by atoms with Gasteiger partial charge in [0.05, 0.1) is 12.1 Å². The zero-order valence-corrected chi connectivity index (χ0v) is 13.8. The molecule has 1 aliphatic heterocycles. The molecule has 0 saturated carbocycles. The van der Waals surface area contributed by atoms with Crippen LogP contribution in [-0.2, 0) is 16.0 Å². The second kappa shape index (κ2) is 7.34. The number of fused-ring (bicyclic) bond motifs is 1. The molecule has 0 aliphatic carbocycles. The molecule has 0 bridgehead atoms. The summed E-state index contributed by atoms with van der Waals surface area (Å²) in [5, 5.41) is 0. The second-order valence-electron chi connectivity index (χ2n) is 5.82. The smallest absolute Gasteiger partial charge is 0.339 e. The standard InChI is InChI=1S/C19H18FNO4/c1-21(10-11-24-15-8-6-14(20)7-9-15)18(22)17-12-13-4-2-3-5-16(13)19(23)25-17/h2-9,17H,10-12H2,1H3. The van der Waals surface area contributed by atoms with Crippen LogP contribution < -0.4 is 4.74 Å². The van der Waals surface area contributed by atoms with Crippen molar-refractivity contribution in [2.75, 3.05) is 20.2 Å². The molecule has 1 amide bonds. The van der Waals surface area contributed by atoms with Crippen LogP contribution in [0.5, 0.6) is 5.75 Å². The van der Waals surface area contributed by atoms with E-state index in [9.17, 15) is 14.0 Å². The minimum Gasteiger partial charge on any atom is -0.492 e. The Morgan fingerprint density at radius 1 is 1.24 bits per heavy atom. The lowest BCUT2D eigenvalue weighted by atomic mass is 9.98. The third-order valence-corrected chi connectivity index (χ3v) is 4.05. The van der Waals surface area contributed by atoms with Crippen LogP contribution in [0.15, 0.2) is 48.5 Å². The Balaban J connectivity index is 1.54. The fourth-order valence-electron chi connectivity index (χ4n) is 2.66. The van der Waals surface area contributed by atoms with E-state index >= 15 is 0 Å². The van der Waals surface area contributed by atoms with Crippen molar-refractivity contribution in [1.29, 1.82) is 0 Å². The van der Waals surface area contributed by atoms with E-state index in [1.807, 2.05) is 12.1 Å². The van der Waals surface area contributed by atoms with Crippen LogP contribution >= 0.6 is 0 Å². The monoisotopic (exact) mass is 343 g/mol. The Morgan fingerprint density at radius 3 is 2.72 bits per heavy atom. The van der Waals surface area contributed by atoms with Gasteiger partial charge in [0, 0.05) is 13.5 Å². The van der Waals surface area contributed by atoms with E-state index < -0.39 is 12.1 Å². The van der Waals surface area contributed by atoms with Crippen molar-refractivity contribution < 1.29 is 23.5 Å². The molecule has 25 heavy (non-hydrogen) atoms. The number of nitrogens with zero attached hydrogens (tertiary/aromatic N) is 1. The van der Waals surface area contributed by atoms with Crippen molar-refractivity contribution in [3.8, 4) is 5.75 Å². The maximum atomic E-state index is 12.8. The van der Waals surface area contributed by atoms with Crippen LogP contribution in [0.4, 0.5) is 4.39 Å². The number of cyclic esters (lactones) is 1. The summed E-state index contributed by atoms with van der Waals surface area (Å²) in [6.45, 7) is 0.580. The van der Waals surface area contributed by atoms with Gasteiger partial charge in [-0.3, -0.25) is 4.79 Å². The molecule has 0 fully saturated rings. The molecule has 0 aromatic heterocycles. The summed E-state index contributed by atoms with van der Waals surface area (Å²) in [7, 11) is 1.63. The van der Waals surface area contributed by atoms with E-state index in [0.717, 1.165) is 5.56 Å². The first-order valence-electron chi connectivity index (χ1n) is 7.97. The lowest BCUT2D eigenvalue weighted by molar-refractivity contribution is -0.140. The first-order chi connectivity index (χ1) is 12.0. The highest BCUT2D eigenvalue weighted by molar-refractivity contribution is 5.95. The number of rotatable bonds is 5. The molecule has 0 radical (unpaired) electrons. The van der Waals surface area contributed by atoms with Crippen molar-refractivity contribution in [2.24, 2.45) is 0 Å². The molecule has 130 valence electrons. The zero-order chi connectivity index (χ0) is 17.8. The minimum absolute atomic E-state index is 0.255. The van der Waals surface area contributed by atoms with Crippen molar-refractivity contribution in [2.45, 2.75) is 12.5 Å². The van der Waals surface area contributed by atoms with Crippen LogP contribution in [-0.4, -0.2) is 43.1 Å². The summed E-state index contributed by atoms with van der Waals surface area (Å²) in [5.41, 5.74) is 1.32. The molecule has 1 atom stereocenters. The molecular weight excluding hydrogens is 325 g/mol. The third kappa shape index (κ3) is 3.96. The number of esters is 1. The lowest BCUT2D eigenvalue weighted by Gasteiger charge is -2.27. The van der Waals surface area contributed by atoms with Gasteiger partial charge in [-0.1, -0.05) is 18.2 Å². The number of hydrogen-bond acceptors (Lipinski definition) is 4. The highest BCUT2D eigenvalue weighted by atomic mass is 19.1. The van der Waals surface area contributed by atoms with E-state index in [4.69, 9.17) is 9.47 Å². The van der Waals surface area contributed by atoms with Crippen molar-refractivity contribution in [3.63, 3.8) is 0 Å². The van der Waals surface area contributed by atoms with Gasteiger partial charge in [0.1, 0.15) is 18.2 Å². The molecule has 0 N–H and O–H groups in total. The second-order valence-corrected chi connectivity index (χ2v) is 5.82. The predicted octanol–water partition coefficient (Wildman–Crippen LogP) is 2.44. The fraction of sp³-hybridized carbons (Fsp3) is 0.263. The number of likely N-dealkylation sites (N-methyl/N-ethyl adjacent to an activating group) is 1. The van der Waals surface area contributed by atoms with Crippen molar-refractivity contribution in [1.82, 2.24) is 4.90 Å². The Labute approximate surface area is 145 Å². The normalized spacial score (nSPS) is 15.9. The highest BCUT2D eigenvalue weighted by Gasteiger charge is 2.32. The lowest BCUT2D eigenvalue weighted by Crippen LogP contribution is -2.44. The van der Waals surface area contributed by atoms with E-state index in [2.05, 4.69) is 0 Å².